The third kappa shape index (κ3) is 3.57. The number of fused-ring (bicyclic) bond motifs is 1. The summed E-state index contributed by atoms with van der Waals surface area (Å²) in [4.78, 5) is 37.2. The number of ketones is 1. The summed E-state index contributed by atoms with van der Waals surface area (Å²) < 4.78 is 1.87. The van der Waals surface area contributed by atoms with Crippen LogP contribution in [-0.4, -0.2) is 38.1 Å². The number of rotatable bonds is 7. The molecule has 0 aliphatic carbocycles. The predicted molar refractivity (Wildman–Crippen MR) is 98.4 cm³/mol. The zero-order valence-electron chi connectivity index (χ0n) is 15.1. The number of benzene rings is 1. The van der Waals surface area contributed by atoms with E-state index < -0.39 is 11.7 Å². The van der Waals surface area contributed by atoms with Gasteiger partial charge in [-0.25, -0.2) is 14.9 Å². The molecule has 0 unspecified atom stereocenters. The summed E-state index contributed by atoms with van der Waals surface area (Å²) in [7, 11) is 0. The number of hydrogen-bond acceptors (Lipinski definition) is 6. The lowest BCUT2D eigenvalue weighted by atomic mass is 10.0. The minimum atomic E-state index is -1.04. The lowest BCUT2D eigenvalue weighted by Crippen LogP contribution is -2.24. The Kier molecular flexibility index (Phi) is 5.29. The van der Waals surface area contributed by atoms with Crippen molar-refractivity contribution >= 4 is 22.7 Å². The molecular formula is C19H20N4O4. The van der Waals surface area contributed by atoms with E-state index in [4.69, 9.17) is 11.0 Å². The first-order valence-electron chi connectivity index (χ1n) is 8.44. The van der Waals surface area contributed by atoms with Crippen molar-refractivity contribution in [1.82, 2.24) is 14.5 Å². The normalized spacial score (nSPS) is 11.1. The topological polar surface area (TPSA) is 120 Å². The van der Waals surface area contributed by atoms with Crippen molar-refractivity contribution in [2.45, 2.75) is 26.8 Å². The molecule has 0 bridgehead atoms. The fourth-order valence-electron chi connectivity index (χ4n) is 3.22. The second kappa shape index (κ2) is 7.65. The summed E-state index contributed by atoms with van der Waals surface area (Å²) in [6.45, 7) is 3.97. The predicted octanol–water partition coefficient (Wildman–Crippen LogP) is 1.80. The molecule has 3 rings (SSSR count). The van der Waals surface area contributed by atoms with Gasteiger partial charge in [0.2, 0.25) is 0 Å². The van der Waals surface area contributed by atoms with Crippen LogP contribution in [0, 0.1) is 13.8 Å². The molecule has 0 fully saturated rings. The Hall–Kier alpha value is -3.10. The molecule has 0 saturated heterocycles. The van der Waals surface area contributed by atoms with Gasteiger partial charge in [-0.15, -0.1) is 0 Å². The van der Waals surface area contributed by atoms with E-state index >= 15 is 0 Å². The molecule has 27 heavy (non-hydrogen) atoms. The van der Waals surface area contributed by atoms with Gasteiger partial charge in [0.25, 0.3) is 11.7 Å². The Morgan fingerprint density at radius 1 is 1.19 bits per heavy atom. The number of hydrogen-bond donors (Lipinski definition) is 2. The van der Waals surface area contributed by atoms with Gasteiger partial charge in [0, 0.05) is 18.7 Å². The van der Waals surface area contributed by atoms with Gasteiger partial charge in [-0.05, 0) is 19.4 Å². The van der Waals surface area contributed by atoms with Crippen LogP contribution < -0.4 is 5.73 Å². The first-order valence-corrected chi connectivity index (χ1v) is 8.44. The van der Waals surface area contributed by atoms with E-state index in [-0.39, 0.29) is 18.6 Å². The molecule has 1 amide bonds. The smallest absolute Gasteiger partial charge is 0.289 e. The number of aromatic nitrogens is 3. The minimum absolute atomic E-state index is 0.00132. The van der Waals surface area contributed by atoms with E-state index in [2.05, 4.69) is 14.9 Å². The fraction of sp³-hybridized carbons (Fsp3) is 0.263. The summed E-state index contributed by atoms with van der Waals surface area (Å²) in [5, 5.41) is 9.17. The molecule has 2 aromatic heterocycles. The zero-order chi connectivity index (χ0) is 19.6. The highest BCUT2D eigenvalue weighted by Gasteiger charge is 2.27. The second-order valence-corrected chi connectivity index (χ2v) is 6.22. The van der Waals surface area contributed by atoms with Crippen LogP contribution in [0.3, 0.4) is 0 Å². The number of nitrogens with zero attached hydrogens (tertiary/aromatic N) is 3. The van der Waals surface area contributed by atoms with Gasteiger partial charge in [-0.1, -0.05) is 30.3 Å². The van der Waals surface area contributed by atoms with E-state index in [1.54, 1.807) is 13.8 Å². The number of nitrogens with two attached hydrogens (primary N) is 1. The maximum Gasteiger partial charge on any atom is 0.289 e. The van der Waals surface area contributed by atoms with Crippen LogP contribution in [0.5, 0.6) is 0 Å². The molecular weight excluding hydrogens is 348 g/mol. The van der Waals surface area contributed by atoms with Crippen molar-refractivity contribution in [3.63, 3.8) is 0 Å². The van der Waals surface area contributed by atoms with E-state index in [0.717, 1.165) is 5.56 Å². The number of carbonyl (C=O) groups is 2. The van der Waals surface area contributed by atoms with E-state index in [0.29, 0.717) is 34.8 Å². The number of carbonyl (C=O) groups excluding carboxylic acids is 2. The van der Waals surface area contributed by atoms with Gasteiger partial charge in [0.05, 0.1) is 23.3 Å². The van der Waals surface area contributed by atoms with Gasteiger partial charge < -0.3 is 10.3 Å². The van der Waals surface area contributed by atoms with Crippen LogP contribution in [0.15, 0.2) is 30.3 Å². The quantitative estimate of drug-likeness (QED) is 0.284. The molecule has 0 spiro atoms. The second-order valence-electron chi connectivity index (χ2n) is 6.22. The average molecular weight is 368 g/mol. The van der Waals surface area contributed by atoms with Crippen molar-refractivity contribution in [1.29, 1.82) is 0 Å². The molecule has 3 aromatic rings. The molecule has 0 aliphatic rings. The summed E-state index contributed by atoms with van der Waals surface area (Å²) >= 11 is 0. The Morgan fingerprint density at radius 3 is 2.52 bits per heavy atom. The molecule has 1 aromatic carbocycles. The molecule has 3 N–H and O–H groups in total. The molecule has 8 nitrogen and oxygen atoms in total. The van der Waals surface area contributed by atoms with Gasteiger partial charge in [0.1, 0.15) is 11.5 Å². The van der Waals surface area contributed by atoms with Crippen molar-refractivity contribution in [2.24, 2.45) is 5.73 Å². The molecule has 0 aliphatic heterocycles. The van der Waals surface area contributed by atoms with E-state index in [9.17, 15) is 9.59 Å². The Labute approximate surface area is 155 Å². The monoisotopic (exact) mass is 368 g/mol. The van der Waals surface area contributed by atoms with Gasteiger partial charge in [0.15, 0.2) is 0 Å². The van der Waals surface area contributed by atoms with Crippen molar-refractivity contribution in [3.05, 3.63) is 58.7 Å². The van der Waals surface area contributed by atoms with E-state index in [1.807, 2.05) is 34.9 Å². The number of Topliss-reactive ketones (excluding diaryl/α,β-unsaturated/α-hetero) is 1. The summed E-state index contributed by atoms with van der Waals surface area (Å²) in [5.74, 6) is -1.31. The Morgan fingerprint density at radius 2 is 1.89 bits per heavy atom. The molecule has 2 heterocycles. The number of amides is 1. The SMILES string of the molecule is Cc1nc(CCOO)c2c(C(=O)C(N)=O)c(C)n(Cc3ccccc3)c2n1. The number of primary amides is 1. The highest BCUT2D eigenvalue weighted by molar-refractivity contribution is 6.45. The standard InChI is InChI=1S/C19H20N4O4/c1-11-15(17(24)18(20)25)16-14(8-9-27-26)21-12(2)22-19(16)23(11)10-13-6-4-3-5-7-13/h3-7,26H,8-10H2,1-2H3,(H2,20,25). The van der Waals surface area contributed by atoms with E-state index in [1.165, 1.54) is 0 Å². The van der Waals surface area contributed by atoms with Crippen LogP contribution in [-0.2, 0) is 22.6 Å². The third-order valence-corrected chi connectivity index (χ3v) is 4.41. The molecule has 0 atom stereocenters. The first kappa shape index (κ1) is 18.7. The minimum Gasteiger partial charge on any atom is -0.363 e. The maximum absolute atomic E-state index is 12.5. The fourth-order valence-corrected chi connectivity index (χ4v) is 3.22. The van der Waals surface area contributed by atoms with Crippen LogP contribution in [0.4, 0.5) is 0 Å². The van der Waals surface area contributed by atoms with Crippen molar-refractivity contribution in [3.8, 4) is 0 Å². The average Bonchev–Trinajstić information content (AvgIpc) is 2.92. The van der Waals surface area contributed by atoms with Gasteiger partial charge in [-0.3, -0.25) is 14.8 Å². The molecule has 140 valence electrons. The largest absolute Gasteiger partial charge is 0.363 e. The zero-order valence-corrected chi connectivity index (χ0v) is 15.1. The van der Waals surface area contributed by atoms with Crippen molar-refractivity contribution in [2.75, 3.05) is 6.61 Å². The highest BCUT2D eigenvalue weighted by atomic mass is 17.1. The van der Waals surface area contributed by atoms with Crippen LogP contribution in [0.2, 0.25) is 0 Å². The van der Waals surface area contributed by atoms with Crippen LogP contribution in [0.25, 0.3) is 11.0 Å². The summed E-state index contributed by atoms with van der Waals surface area (Å²) in [5.41, 5.74) is 8.13. The van der Waals surface area contributed by atoms with Gasteiger partial charge in [-0.2, -0.15) is 0 Å². The Bertz CT molecular complexity index is 1010. The highest BCUT2D eigenvalue weighted by Crippen LogP contribution is 2.29. The molecule has 0 saturated carbocycles. The molecule has 8 heteroatoms. The van der Waals surface area contributed by atoms with Gasteiger partial charge >= 0.3 is 0 Å². The third-order valence-electron chi connectivity index (χ3n) is 4.41. The summed E-state index contributed by atoms with van der Waals surface area (Å²) in [6.07, 6.45) is 0.254. The summed E-state index contributed by atoms with van der Waals surface area (Å²) in [6, 6.07) is 9.71. The lowest BCUT2D eigenvalue weighted by molar-refractivity contribution is -0.241. The number of aryl methyl sites for hydroxylation is 1. The van der Waals surface area contributed by atoms with Crippen molar-refractivity contribution < 1.29 is 19.7 Å². The Balaban J connectivity index is 2.29. The lowest BCUT2D eigenvalue weighted by Gasteiger charge is -2.09. The molecule has 0 radical (unpaired) electrons. The van der Waals surface area contributed by atoms with Crippen LogP contribution >= 0.6 is 0 Å². The van der Waals surface area contributed by atoms with Crippen LogP contribution in [0.1, 0.15) is 33.1 Å². The maximum atomic E-state index is 12.5. The first-order chi connectivity index (χ1) is 12.9.